The van der Waals surface area contributed by atoms with E-state index < -0.39 is 17.6 Å². The number of hydrogen-bond donors (Lipinski definition) is 2. The number of alkyl halides is 3. The summed E-state index contributed by atoms with van der Waals surface area (Å²) >= 11 is 0. The van der Waals surface area contributed by atoms with Gasteiger partial charge in [0.25, 0.3) is 5.95 Å². The van der Waals surface area contributed by atoms with Gasteiger partial charge in [0.15, 0.2) is 5.82 Å². The second-order valence-electron chi connectivity index (χ2n) is 7.53. The van der Waals surface area contributed by atoms with Crippen molar-refractivity contribution in [1.29, 1.82) is 0 Å². The van der Waals surface area contributed by atoms with Gasteiger partial charge in [-0.15, -0.1) is 5.11 Å². The monoisotopic (exact) mass is 497 g/mol. The summed E-state index contributed by atoms with van der Waals surface area (Å²) in [4.78, 5) is 16.3. The van der Waals surface area contributed by atoms with E-state index in [1.807, 2.05) is 0 Å². The van der Waals surface area contributed by atoms with Crippen LogP contribution in [0.5, 0.6) is 0 Å². The first-order valence-electron chi connectivity index (χ1n) is 10.7. The summed E-state index contributed by atoms with van der Waals surface area (Å²) < 4.78 is 52.8. The van der Waals surface area contributed by atoms with Gasteiger partial charge in [-0.3, -0.25) is 9.97 Å². The molecule has 3 aromatic heterocycles. The van der Waals surface area contributed by atoms with Gasteiger partial charge in [0.2, 0.25) is 0 Å². The largest absolute Gasteiger partial charge is 0.416 e. The molecule has 184 valence electrons. The number of benzene rings is 1. The van der Waals surface area contributed by atoms with Gasteiger partial charge in [-0.25, -0.2) is 14.4 Å². The number of anilines is 2. The molecule has 8 nitrogen and oxygen atoms in total. The Hall–Kier alpha value is -4.32. The molecule has 0 spiro atoms. The lowest BCUT2D eigenvalue weighted by Gasteiger charge is -2.10. The maximum absolute atomic E-state index is 14.2. The molecule has 2 N–H and O–H groups in total. The van der Waals surface area contributed by atoms with E-state index in [1.54, 1.807) is 24.3 Å². The summed E-state index contributed by atoms with van der Waals surface area (Å²) in [6, 6.07) is 11.5. The van der Waals surface area contributed by atoms with Crippen LogP contribution in [-0.2, 0) is 19.1 Å². The molecule has 0 fully saturated rings. The Morgan fingerprint density at radius 2 is 1.78 bits per heavy atom. The normalized spacial score (nSPS) is 11.7. The van der Waals surface area contributed by atoms with Crippen molar-refractivity contribution in [2.24, 2.45) is 10.2 Å². The minimum absolute atomic E-state index is 0.0165. The molecule has 36 heavy (non-hydrogen) atoms. The summed E-state index contributed by atoms with van der Waals surface area (Å²) in [7, 11) is 0. The molecule has 0 saturated heterocycles. The molecular formula is C24H19F4N7O. The predicted octanol–water partition coefficient (Wildman–Crippen LogP) is 5.65. The minimum atomic E-state index is -4.43. The average molecular weight is 497 g/mol. The zero-order valence-electron chi connectivity index (χ0n) is 18.6. The first kappa shape index (κ1) is 24.8. The number of hydrogen-bond acceptors (Lipinski definition) is 8. The van der Waals surface area contributed by atoms with Crippen LogP contribution in [-0.4, -0.2) is 31.6 Å². The second-order valence-corrected chi connectivity index (χ2v) is 7.53. The van der Waals surface area contributed by atoms with Gasteiger partial charge < -0.3 is 10.4 Å². The van der Waals surface area contributed by atoms with Crippen LogP contribution in [0.1, 0.15) is 16.8 Å². The second kappa shape index (κ2) is 11.0. The lowest BCUT2D eigenvalue weighted by molar-refractivity contribution is -0.137. The van der Waals surface area contributed by atoms with Crippen LogP contribution in [0.25, 0.3) is 11.4 Å². The van der Waals surface area contributed by atoms with E-state index in [0.29, 0.717) is 23.5 Å². The highest BCUT2D eigenvalue weighted by molar-refractivity contribution is 5.59. The van der Waals surface area contributed by atoms with E-state index in [0.717, 1.165) is 23.9 Å². The SMILES string of the molecule is OCCc1ccc(-c2nc(N=NCc3ccc(Nc4cccc(C(F)(F)F)c4)cn3)ncc2F)nc1. The van der Waals surface area contributed by atoms with Crippen molar-refractivity contribution in [1.82, 2.24) is 19.9 Å². The Balaban J connectivity index is 1.39. The summed E-state index contributed by atoms with van der Waals surface area (Å²) in [5.74, 6) is -0.725. The van der Waals surface area contributed by atoms with E-state index in [9.17, 15) is 17.6 Å². The van der Waals surface area contributed by atoms with Crippen LogP contribution < -0.4 is 5.32 Å². The van der Waals surface area contributed by atoms with Crippen LogP contribution in [0.15, 0.2) is 77.3 Å². The number of aromatic nitrogens is 4. The fourth-order valence-electron chi connectivity index (χ4n) is 3.13. The third-order valence-corrected chi connectivity index (χ3v) is 4.90. The molecule has 0 unspecified atom stereocenters. The Kier molecular flexibility index (Phi) is 7.54. The molecule has 0 amide bonds. The number of nitrogens with zero attached hydrogens (tertiary/aromatic N) is 6. The minimum Gasteiger partial charge on any atom is -0.396 e. The van der Waals surface area contributed by atoms with Gasteiger partial charge in [-0.1, -0.05) is 12.1 Å². The van der Waals surface area contributed by atoms with Gasteiger partial charge in [0.1, 0.15) is 12.2 Å². The van der Waals surface area contributed by atoms with E-state index in [4.69, 9.17) is 5.11 Å². The van der Waals surface area contributed by atoms with Crippen molar-refractivity contribution in [3.05, 3.63) is 89.8 Å². The number of pyridine rings is 2. The smallest absolute Gasteiger partial charge is 0.396 e. The molecule has 4 aromatic rings. The van der Waals surface area contributed by atoms with Crippen molar-refractivity contribution in [3.8, 4) is 11.4 Å². The standard InChI is InChI=1S/C24H19F4N7O/c25-20-14-31-23(34-22(20)21-7-4-15(8-9-36)11-30-21)35-32-13-18-5-6-19(12-29-18)33-17-3-1-2-16(10-17)24(26,27)28/h1-7,10-12,14,33,36H,8-9,13H2. The summed E-state index contributed by atoms with van der Waals surface area (Å²) in [6.07, 6.45) is -0.0156. The zero-order valence-corrected chi connectivity index (χ0v) is 18.6. The number of aliphatic hydroxyl groups excluding tert-OH is 1. The van der Waals surface area contributed by atoms with Crippen LogP contribution in [0.3, 0.4) is 0 Å². The lowest BCUT2D eigenvalue weighted by atomic mass is 10.2. The van der Waals surface area contributed by atoms with Gasteiger partial charge >= 0.3 is 6.18 Å². The molecule has 12 heteroatoms. The molecule has 3 heterocycles. The third-order valence-electron chi connectivity index (χ3n) is 4.90. The predicted molar refractivity (Wildman–Crippen MR) is 123 cm³/mol. The maximum Gasteiger partial charge on any atom is 0.416 e. The zero-order chi connectivity index (χ0) is 25.5. The van der Waals surface area contributed by atoms with Gasteiger partial charge in [0, 0.05) is 18.5 Å². The van der Waals surface area contributed by atoms with E-state index >= 15 is 0 Å². The van der Waals surface area contributed by atoms with E-state index in [1.165, 1.54) is 24.5 Å². The molecular weight excluding hydrogens is 478 g/mol. The highest BCUT2D eigenvalue weighted by Crippen LogP contribution is 2.31. The first-order valence-corrected chi connectivity index (χ1v) is 10.7. The number of azo groups is 1. The van der Waals surface area contributed by atoms with Gasteiger partial charge in [-0.2, -0.15) is 18.3 Å². The van der Waals surface area contributed by atoms with Gasteiger partial charge in [-0.05, 0) is 48.4 Å². The van der Waals surface area contributed by atoms with Crippen molar-refractivity contribution in [2.45, 2.75) is 19.1 Å². The van der Waals surface area contributed by atoms with Crippen molar-refractivity contribution < 1.29 is 22.7 Å². The van der Waals surface area contributed by atoms with Crippen LogP contribution in [0.2, 0.25) is 0 Å². The highest BCUT2D eigenvalue weighted by atomic mass is 19.4. The summed E-state index contributed by atoms with van der Waals surface area (Å²) in [6.45, 7) is 0.0609. The Morgan fingerprint density at radius 1 is 0.917 bits per heavy atom. The van der Waals surface area contributed by atoms with Crippen molar-refractivity contribution in [3.63, 3.8) is 0 Å². The molecule has 4 rings (SSSR count). The topological polar surface area (TPSA) is 109 Å². The average Bonchev–Trinajstić information content (AvgIpc) is 2.87. The number of rotatable bonds is 8. The molecule has 0 aliphatic heterocycles. The molecule has 0 bridgehead atoms. The van der Waals surface area contributed by atoms with E-state index in [2.05, 4.69) is 35.5 Å². The summed E-state index contributed by atoms with van der Waals surface area (Å²) in [5, 5.41) is 19.8. The number of nitrogens with one attached hydrogen (secondary N) is 1. The van der Waals surface area contributed by atoms with Crippen LogP contribution in [0, 0.1) is 5.82 Å². The lowest BCUT2D eigenvalue weighted by Crippen LogP contribution is -2.05. The Bertz CT molecular complexity index is 1340. The highest BCUT2D eigenvalue weighted by Gasteiger charge is 2.30. The molecule has 1 aromatic carbocycles. The molecule has 0 atom stereocenters. The first-order chi connectivity index (χ1) is 17.3. The van der Waals surface area contributed by atoms with E-state index in [-0.39, 0.29) is 30.5 Å². The van der Waals surface area contributed by atoms with Crippen LogP contribution >= 0.6 is 0 Å². The Labute approximate surface area is 202 Å². The van der Waals surface area contributed by atoms with Crippen LogP contribution in [0.4, 0.5) is 34.9 Å². The Morgan fingerprint density at radius 3 is 2.47 bits per heavy atom. The molecule has 0 aliphatic rings. The molecule has 0 saturated carbocycles. The number of aliphatic hydroxyl groups is 1. The van der Waals surface area contributed by atoms with Crippen molar-refractivity contribution >= 4 is 17.3 Å². The fourth-order valence-corrected chi connectivity index (χ4v) is 3.13. The number of halogens is 4. The van der Waals surface area contributed by atoms with Crippen molar-refractivity contribution in [2.75, 3.05) is 11.9 Å². The fraction of sp³-hybridized carbons (Fsp3) is 0.167. The maximum atomic E-state index is 14.2. The quantitative estimate of drug-likeness (QED) is 0.240. The molecule has 0 aliphatic carbocycles. The van der Waals surface area contributed by atoms with Gasteiger partial charge in [0.05, 0.1) is 35.0 Å². The summed E-state index contributed by atoms with van der Waals surface area (Å²) in [5.41, 5.74) is 1.63. The molecule has 0 radical (unpaired) electrons. The third kappa shape index (κ3) is 6.42.